The molecule has 1 unspecified atom stereocenters. The lowest BCUT2D eigenvalue weighted by molar-refractivity contribution is -0.238. The fourth-order valence-electron chi connectivity index (χ4n) is 2.67. The fraction of sp³-hybridized carbons (Fsp3) is 0.500. The molecule has 0 spiro atoms. The SMILES string of the molecule is CC(=O)OCc1ccc(O[C@@H]2O[C@H](C(=O)O)CC(O)[C@H]2O)c(C(=O)NCCON)c1. The zero-order valence-corrected chi connectivity index (χ0v) is 16.1. The molecule has 0 aliphatic carbocycles. The van der Waals surface area contributed by atoms with Crippen LogP contribution in [0.4, 0.5) is 0 Å². The van der Waals surface area contributed by atoms with Crippen molar-refractivity contribution in [2.24, 2.45) is 5.90 Å². The molecule has 30 heavy (non-hydrogen) atoms. The van der Waals surface area contributed by atoms with Crippen LogP contribution < -0.4 is 16.0 Å². The molecule has 1 aromatic rings. The monoisotopic (exact) mass is 428 g/mol. The van der Waals surface area contributed by atoms with Gasteiger partial charge in [-0.3, -0.25) is 9.59 Å². The number of aliphatic hydroxyl groups is 2. The van der Waals surface area contributed by atoms with Crippen molar-refractivity contribution in [2.45, 2.75) is 44.6 Å². The van der Waals surface area contributed by atoms with Crippen molar-refractivity contribution in [3.63, 3.8) is 0 Å². The Morgan fingerprint density at radius 2 is 2.03 bits per heavy atom. The summed E-state index contributed by atoms with van der Waals surface area (Å²) in [6, 6.07) is 4.29. The number of carboxylic acid groups (broad SMARTS) is 1. The smallest absolute Gasteiger partial charge is 0.333 e. The summed E-state index contributed by atoms with van der Waals surface area (Å²) in [6.07, 6.45) is -6.18. The first-order valence-electron chi connectivity index (χ1n) is 9.00. The molecule has 2 rings (SSSR count). The number of carboxylic acids is 1. The molecule has 12 heteroatoms. The third-order valence-corrected chi connectivity index (χ3v) is 4.18. The van der Waals surface area contributed by atoms with Gasteiger partial charge in [0.2, 0.25) is 6.29 Å². The van der Waals surface area contributed by atoms with Crippen molar-refractivity contribution in [3.8, 4) is 5.75 Å². The van der Waals surface area contributed by atoms with E-state index in [0.29, 0.717) is 5.56 Å². The van der Waals surface area contributed by atoms with Crippen LogP contribution in [0.25, 0.3) is 0 Å². The molecular formula is C18H24N2O10. The van der Waals surface area contributed by atoms with E-state index in [-0.39, 0.29) is 37.5 Å². The Bertz CT molecular complexity index is 771. The Hall–Kier alpha value is -2.77. The maximum Gasteiger partial charge on any atom is 0.333 e. The van der Waals surface area contributed by atoms with E-state index in [9.17, 15) is 24.6 Å². The van der Waals surface area contributed by atoms with E-state index >= 15 is 0 Å². The van der Waals surface area contributed by atoms with Crippen molar-refractivity contribution in [2.75, 3.05) is 13.2 Å². The first-order chi connectivity index (χ1) is 14.2. The maximum absolute atomic E-state index is 12.5. The summed E-state index contributed by atoms with van der Waals surface area (Å²) in [5, 5.41) is 31.7. The minimum Gasteiger partial charge on any atom is -0.479 e. The van der Waals surface area contributed by atoms with Gasteiger partial charge in [-0.1, -0.05) is 6.07 Å². The first kappa shape index (κ1) is 23.5. The average Bonchev–Trinajstić information content (AvgIpc) is 2.70. The molecule has 1 saturated heterocycles. The summed E-state index contributed by atoms with van der Waals surface area (Å²) in [7, 11) is 0. The standard InChI is InChI=1S/C18H24N2O10/c1-9(21)27-8-10-2-3-13(11(6-10)16(24)20-4-5-28-19)29-18-15(23)12(22)7-14(30-18)17(25)26/h2-3,6,12,14-15,18,22-23H,4-5,7-8,19H2,1H3,(H,20,24)(H,25,26)/t12?,14-,15+,18+/m0/s1. The lowest BCUT2D eigenvalue weighted by Crippen LogP contribution is -2.52. The van der Waals surface area contributed by atoms with Crippen LogP contribution >= 0.6 is 0 Å². The van der Waals surface area contributed by atoms with E-state index in [1.807, 2.05) is 0 Å². The van der Waals surface area contributed by atoms with E-state index in [4.69, 9.17) is 25.2 Å². The number of ether oxygens (including phenoxy) is 3. The topological polar surface area (TPSA) is 187 Å². The molecule has 0 bridgehead atoms. The summed E-state index contributed by atoms with van der Waals surface area (Å²) >= 11 is 0. The van der Waals surface area contributed by atoms with E-state index < -0.39 is 42.4 Å². The number of hydrogen-bond donors (Lipinski definition) is 5. The summed E-state index contributed by atoms with van der Waals surface area (Å²) in [5.74, 6) is 2.45. The third-order valence-electron chi connectivity index (χ3n) is 4.18. The van der Waals surface area contributed by atoms with Crippen LogP contribution in [-0.4, -0.2) is 70.9 Å². The Balaban J connectivity index is 2.26. The number of aliphatic hydroxyl groups excluding tert-OH is 2. The van der Waals surface area contributed by atoms with Gasteiger partial charge in [0.15, 0.2) is 6.10 Å². The quantitative estimate of drug-likeness (QED) is 0.178. The number of nitrogens with one attached hydrogen (secondary N) is 1. The summed E-state index contributed by atoms with van der Waals surface area (Å²) in [5.41, 5.74) is 0.478. The Labute approximate surface area is 171 Å². The molecular weight excluding hydrogens is 404 g/mol. The van der Waals surface area contributed by atoms with Crippen molar-refractivity contribution < 1.29 is 48.8 Å². The molecule has 1 aliphatic heterocycles. The number of esters is 1. The average molecular weight is 428 g/mol. The molecule has 1 amide bonds. The molecule has 166 valence electrons. The normalized spacial score (nSPS) is 23.5. The van der Waals surface area contributed by atoms with Crippen LogP contribution in [0.3, 0.4) is 0 Å². The highest BCUT2D eigenvalue weighted by Gasteiger charge is 2.41. The minimum absolute atomic E-state index is 0.000545. The van der Waals surface area contributed by atoms with Crippen LogP contribution in [0.1, 0.15) is 29.3 Å². The lowest BCUT2D eigenvalue weighted by atomic mass is 10.0. The van der Waals surface area contributed by atoms with E-state index in [1.54, 1.807) is 0 Å². The number of benzene rings is 1. The van der Waals surface area contributed by atoms with Gasteiger partial charge >= 0.3 is 11.9 Å². The van der Waals surface area contributed by atoms with Gasteiger partial charge in [0.05, 0.1) is 18.3 Å². The van der Waals surface area contributed by atoms with Crippen molar-refractivity contribution in [3.05, 3.63) is 29.3 Å². The highest BCUT2D eigenvalue weighted by atomic mass is 16.7. The highest BCUT2D eigenvalue weighted by Crippen LogP contribution is 2.27. The number of carbonyl (C=O) groups is 3. The third kappa shape index (κ3) is 6.37. The molecule has 0 aromatic heterocycles. The second kappa shape index (κ2) is 10.8. The second-order valence-electron chi connectivity index (χ2n) is 6.48. The molecule has 12 nitrogen and oxygen atoms in total. The molecule has 1 fully saturated rings. The number of carbonyl (C=O) groups excluding carboxylic acids is 2. The number of nitrogens with two attached hydrogens (primary N) is 1. The van der Waals surface area contributed by atoms with E-state index in [2.05, 4.69) is 10.2 Å². The molecule has 1 aromatic carbocycles. The Morgan fingerprint density at radius 3 is 2.67 bits per heavy atom. The molecule has 0 radical (unpaired) electrons. The van der Waals surface area contributed by atoms with Gasteiger partial charge in [-0.2, -0.15) is 0 Å². The lowest BCUT2D eigenvalue weighted by Gasteiger charge is -2.35. The molecule has 6 N–H and O–H groups in total. The minimum atomic E-state index is -1.54. The summed E-state index contributed by atoms with van der Waals surface area (Å²) in [4.78, 5) is 39.2. The van der Waals surface area contributed by atoms with Gasteiger partial charge in [0.1, 0.15) is 18.5 Å². The van der Waals surface area contributed by atoms with Crippen LogP contribution in [0.5, 0.6) is 5.75 Å². The first-order valence-corrected chi connectivity index (χ1v) is 9.00. The predicted molar refractivity (Wildman–Crippen MR) is 97.9 cm³/mol. The van der Waals surface area contributed by atoms with Gasteiger partial charge in [-0.05, 0) is 17.7 Å². The van der Waals surface area contributed by atoms with E-state index in [1.165, 1.54) is 25.1 Å². The number of hydrogen-bond acceptors (Lipinski definition) is 10. The summed E-state index contributed by atoms with van der Waals surface area (Å²) < 4.78 is 15.7. The van der Waals surface area contributed by atoms with Crippen molar-refractivity contribution >= 4 is 17.8 Å². The zero-order valence-electron chi connectivity index (χ0n) is 16.1. The van der Waals surface area contributed by atoms with Crippen molar-refractivity contribution in [1.82, 2.24) is 5.32 Å². The number of rotatable bonds is 9. The highest BCUT2D eigenvalue weighted by molar-refractivity contribution is 5.97. The predicted octanol–water partition coefficient (Wildman–Crippen LogP) is -1.33. The number of aliphatic carboxylic acids is 1. The maximum atomic E-state index is 12.5. The van der Waals surface area contributed by atoms with Crippen LogP contribution in [0.15, 0.2) is 18.2 Å². The van der Waals surface area contributed by atoms with E-state index in [0.717, 1.165) is 0 Å². The molecule has 1 aliphatic rings. The van der Waals surface area contributed by atoms with Gasteiger partial charge in [-0.15, -0.1) is 0 Å². The van der Waals surface area contributed by atoms with Crippen LogP contribution in [0.2, 0.25) is 0 Å². The molecule has 4 atom stereocenters. The largest absolute Gasteiger partial charge is 0.479 e. The Kier molecular flexibility index (Phi) is 8.50. The molecule has 0 saturated carbocycles. The van der Waals surface area contributed by atoms with Crippen LogP contribution in [0, 0.1) is 0 Å². The fourth-order valence-corrected chi connectivity index (χ4v) is 2.67. The second-order valence-corrected chi connectivity index (χ2v) is 6.48. The zero-order chi connectivity index (χ0) is 22.3. The molecule has 1 heterocycles. The van der Waals surface area contributed by atoms with Gasteiger partial charge in [-0.25, -0.2) is 10.7 Å². The van der Waals surface area contributed by atoms with Crippen LogP contribution in [-0.2, 0) is 30.5 Å². The van der Waals surface area contributed by atoms with Gasteiger partial charge < -0.3 is 39.7 Å². The van der Waals surface area contributed by atoms with Crippen molar-refractivity contribution in [1.29, 1.82) is 0 Å². The van der Waals surface area contributed by atoms with Gasteiger partial charge in [0.25, 0.3) is 5.91 Å². The Morgan fingerprint density at radius 1 is 1.30 bits per heavy atom. The summed E-state index contributed by atoms with van der Waals surface area (Å²) in [6.45, 7) is 1.28. The number of amides is 1. The van der Waals surface area contributed by atoms with Gasteiger partial charge in [0, 0.05) is 19.9 Å².